The van der Waals surface area contributed by atoms with Crippen LogP contribution < -0.4 is 0 Å². The van der Waals surface area contributed by atoms with Gasteiger partial charge in [-0.15, -0.1) is 0 Å². The minimum atomic E-state index is 1.21. The van der Waals surface area contributed by atoms with E-state index in [9.17, 15) is 0 Å². The molecule has 0 aromatic heterocycles. The highest BCUT2D eigenvalue weighted by Crippen LogP contribution is 2.15. The van der Waals surface area contributed by atoms with Gasteiger partial charge in [-0.1, -0.05) is 56.9 Å². The molecule has 0 N–H and O–H groups in total. The molecule has 0 saturated heterocycles. The Morgan fingerprint density at radius 3 is 2.21 bits per heavy atom. The van der Waals surface area contributed by atoms with E-state index in [0.717, 1.165) is 0 Å². The monoisotopic (exact) mass is 188 g/mol. The van der Waals surface area contributed by atoms with E-state index in [2.05, 4.69) is 43.9 Å². The highest BCUT2D eigenvalue weighted by molar-refractivity contribution is 5.62. The van der Waals surface area contributed by atoms with Crippen LogP contribution in [-0.2, 0) is 0 Å². The number of hydrogen-bond acceptors (Lipinski definition) is 0. The van der Waals surface area contributed by atoms with Gasteiger partial charge in [-0.25, -0.2) is 0 Å². The SMILES string of the molecule is C=Cc1cccc(/C=C\C)c1C.CC. The van der Waals surface area contributed by atoms with E-state index < -0.39 is 0 Å². The van der Waals surface area contributed by atoms with Crippen molar-refractivity contribution in [1.82, 2.24) is 0 Å². The Labute approximate surface area is 88.0 Å². The number of rotatable bonds is 2. The Hall–Kier alpha value is -1.30. The first-order valence-corrected chi connectivity index (χ1v) is 5.14. The van der Waals surface area contributed by atoms with Gasteiger partial charge < -0.3 is 0 Å². The Morgan fingerprint density at radius 2 is 1.71 bits per heavy atom. The number of benzene rings is 1. The lowest BCUT2D eigenvalue weighted by Crippen LogP contribution is -1.84. The molecule has 0 aliphatic rings. The Morgan fingerprint density at radius 1 is 1.14 bits per heavy atom. The van der Waals surface area contributed by atoms with Gasteiger partial charge in [0.05, 0.1) is 0 Å². The molecule has 0 aliphatic carbocycles. The van der Waals surface area contributed by atoms with Crippen LogP contribution in [0, 0.1) is 6.92 Å². The van der Waals surface area contributed by atoms with Crippen molar-refractivity contribution in [3.63, 3.8) is 0 Å². The zero-order valence-corrected chi connectivity index (χ0v) is 9.67. The molecular weight excluding hydrogens is 168 g/mol. The molecule has 0 bridgehead atoms. The number of allylic oxidation sites excluding steroid dienone is 1. The van der Waals surface area contributed by atoms with E-state index in [-0.39, 0.29) is 0 Å². The summed E-state index contributed by atoms with van der Waals surface area (Å²) in [6.45, 7) is 11.9. The van der Waals surface area contributed by atoms with Gasteiger partial charge in [0.1, 0.15) is 0 Å². The van der Waals surface area contributed by atoms with E-state index in [1.807, 2.05) is 26.8 Å². The predicted octanol–water partition coefficient (Wildman–Crippen LogP) is 4.70. The minimum Gasteiger partial charge on any atom is -0.0985 e. The van der Waals surface area contributed by atoms with Gasteiger partial charge in [-0.3, -0.25) is 0 Å². The van der Waals surface area contributed by atoms with E-state index in [4.69, 9.17) is 0 Å². The van der Waals surface area contributed by atoms with Gasteiger partial charge in [0.15, 0.2) is 0 Å². The summed E-state index contributed by atoms with van der Waals surface area (Å²) in [6, 6.07) is 6.25. The van der Waals surface area contributed by atoms with Crippen LogP contribution in [0.1, 0.15) is 37.5 Å². The van der Waals surface area contributed by atoms with Crippen molar-refractivity contribution in [2.24, 2.45) is 0 Å². The summed E-state index contributed by atoms with van der Waals surface area (Å²) in [7, 11) is 0. The van der Waals surface area contributed by atoms with Crippen LogP contribution in [0.4, 0.5) is 0 Å². The molecule has 0 nitrogen and oxygen atoms in total. The minimum absolute atomic E-state index is 1.21. The van der Waals surface area contributed by atoms with Crippen LogP contribution in [0.5, 0.6) is 0 Å². The molecular formula is C14H20. The van der Waals surface area contributed by atoms with Crippen molar-refractivity contribution in [3.05, 3.63) is 47.5 Å². The van der Waals surface area contributed by atoms with Crippen molar-refractivity contribution in [3.8, 4) is 0 Å². The maximum atomic E-state index is 3.77. The van der Waals surface area contributed by atoms with Gasteiger partial charge >= 0.3 is 0 Å². The molecule has 0 heterocycles. The van der Waals surface area contributed by atoms with Crippen LogP contribution in [0.15, 0.2) is 30.9 Å². The molecule has 14 heavy (non-hydrogen) atoms. The molecule has 1 rings (SSSR count). The molecule has 0 fully saturated rings. The highest BCUT2D eigenvalue weighted by atomic mass is 14.0. The zero-order valence-electron chi connectivity index (χ0n) is 9.67. The Balaban J connectivity index is 0.000000791. The van der Waals surface area contributed by atoms with Gasteiger partial charge in [0.25, 0.3) is 0 Å². The lowest BCUT2D eigenvalue weighted by Gasteiger charge is -2.03. The topological polar surface area (TPSA) is 0 Å². The second kappa shape index (κ2) is 7.14. The average Bonchev–Trinajstić information content (AvgIpc) is 2.24. The molecule has 0 unspecified atom stereocenters. The molecule has 1 aromatic carbocycles. The van der Waals surface area contributed by atoms with Crippen molar-refractivity contribution in [1.29, 1.82) is 0 Å². The van der Waals surface area contributed by atoms with Crippen LogP contribution >= 0.6 is 0 Å². The summed E-state index contributed by atoms with van der Waals surface area (Å²) >= 11 is 0. The third kappa shape index (κ3) is 3.21. The highest BCUT2D eigenvalue weighted by Gasteiger charge is 1.96. The van der Waals surface area contributed by atoms with Gasteiger partial charge in [0, 0.05) is 0 Å². The second-order valence-corrected chi connectivity index (χ2v) is 2.77. The van der Waals surface area contributed by atoms with Crippen LogP contribution in [0.3, 0.4) is 0 Å². The molecule has 76 valence electrons. The lowest BCUT2D eigenvalue weighted by molar-refractivity contribution is 1.42. The lowest BCUT2D eigenvalue weighted by atomic mass is 10.0. The molecule has 0 radical (unpaired) electrons. The zero-order chi connectivity index (χ0) is 11.0. The van der Waals surface area contributed by atoms with Crippen molar-refractivity contribution in [2.75, 3.05) is 0 Å². The molecule has 0 amide bonds. The van der Waals surface area contributed by atoms with E-state index in [0.29, 0.717) is 0 Å². The van der Waals surface area contributed by atoms with Gasteiger partial charge in [-0.05, 0) is 30.5 Å². The summed E-state index contributed by atoms with van der Waals surface area (Å²) in [4.78, 5) is 0. The van der Waals surface area contributed by atoms with Gasteiger partial charge in [-0.2, -0.15) is 0 Å². The average molecular weight is 188 g/mol. The Kier molecular flexibility index (Phi) is 6.47. The maximum absolute atomic E-state index is 3.77. The van der Waals surface area contributed by atoms with Crippen molar-refractivity contribution < 1.29 is 0 Å². The van der Waals surface area contributed by atoms with Crippen molar-refractivity contribution in [2.45, 2.75) is 27.7 Å². The van der Waals surface area contributed by atoms with Crippen LogP contribution in [0.2, 0.25) is 0 Å². The van der Waals surface area contributed by atoms with E-state index in [1.54, 1.807) is 0 Å². The molecule has 0 spiro atoms. The Bertz CT molecular complexity index is 306. The van der Waals surface area contributed by atoms with Crippen LogP contribution in [0.25, 0.3) is 12.2 Å². The van der Waals surface area contributed by atoms with Gasteiger partial charge in [0.2, 0.25) is 0 Å². The maximum Gasteiger partial charge on any atom is -0.0225 e. The molecule has 0 aliphatic heterocycles. The third-order valence-electron chi connectivity index (χ3n) is 1.98. The summed E-state index contributed by atoms with van der Waals surface area (Å²) in [5, 5.41) is 0. The largest absolute Gasteiger partial charge is 0.0985 e. The first kappa shape index (κ1) is 12.7. The third-order valence-corrected chi connectivity index (χ3v) is 1.98. The van der Waals surface area contributed by atoms with Crippen molar-refractivity contribution >= 4 is 12.2 Å². The van der Waals surface area contributed by atoms with Crippen LogP contribution in [-0.4, -0.2) is 0 Å². The first-order valence-electron chi connectivity index (χ1n) is 5.14. The van der Waals surface area contributed by atoms with E-state index in [1.165, 1.54) is 16.7 Å². The standard InChI is InChI=1S/C12H14.C2H6/c1-4-7-12-9-6-8-11(5-2)10(12)3;1-2/h4-9H,2H2,1,3H3;1-2H3/b7-4-;. The summed E-state index contributed by atoms with van der Waals surface area (Å²) in [5.41, 5.74) is 3.78. The fourth-order valence-corrected chi connectivity index (χ4v) is 1.25. The summed E-state index contributed by atoms with van der Waals surface area (Å²) < 4.78 is 0. The summed E-state index contributed by atoms with van der Waals surface area (Å²) in [6.07, 6.45) is 6.06. The number of hydrogen-bond donors (Lipinski definition) is 0. The quantitative estimate of drug-likeness (QED) is 0.631. The predicted molar refractivity (Wildman–Crippen MR) is 67.3 cm³/mol. The fourth-order valence-electron chi connectivity index (χ4n) is 1.25. The summed E-state index contributed by atoms with van der Waals surface area (Å²) in [5.74, 6) is 0. The molecule has 0 saturated carbocycles. The molecule has 0 atom stereocenters. The molecule has 0 heteroatoms. The van der Waals surface area contributed by atoms with E-state index >= 15 is 0 Å². The fraction of sp³-hybridized carbons (Fsp3) is 0.286. The normalized spacial score (nSPS) is 9.43. The second-order valence-electron chi connectivity index (χ2n) is 2.77. The molecule has 1 aromatic rings. The smallest absolute Gasteiger partial charge is 0.0225 e. The first-order chi connectivity index (χ1) is 6.79.